The summed E-state index contributed by atoms with van der Waals surface area (Å²) in [7, 11) is 0. The molecule has 0 fully saturated rings. The molecular weight excluding hydrogens is 290 g/mol. The Morgan fingerprint density at radius 1 is 1.30 bits per heavy atom. The molecule has 23 heavy (non-hydrogen) atoms. The predicted octanol–water partition coefficient (Wildman–Crippen LogP) is 4.11. The summed E-state index contributed by atoms with van der Waals surface area (Å²) in [6.45, 7) is 9.02. The average Bonchev–Trinajstić information content (AvgIpc) is 2.77. The number of hydrogen-bond donors (Lipinski definition) is 2. The molecule has 2 aromatic rings. The summed E-state index contributed by atoms with van der Waals surface area (Å²) < 4.78 is 2.15. The van der Waals surface area contributed by atoms with Gasteiger partial charge in [-0.05, 0) is 48.9 Å². The van der Waals surface area contributed by atoms with Crippen molar-refractivity contribution in [1.82, 2.24) is 4.57 Å². The van der Waals surface area contributed by atoms with Crippen LogP contribution in [-0.4, -0.2) is 27.4 Å². The van der Waals surface area contributed by atoms with Gasteiger partial charge < -0.3 is 14.8 Å². The fourth-order valence-electron chi connectivity index (χ4n) is 3.33. The first-order valence-electron chi connectivity index (χ1n) is 8.42. The minimum atomic E-state index is -0.886. The molecule has 0 atom stereocenters. The van der Waals surface area contributed by atoms with Crippen LogP contribution in [0.1, 0.15) is 66.7 Å². The Morgan fingerprint density at radius 3 is 2.52 bits per heavy atom. The minimum absolute atomic E-state index is 0.0794. The molecule has 0 unspecified atom stereocenters. The number of aryl methyl sites for hydroxylation is 1. The molecule has 0 amide bonds. The van der Waals surface area contributed by atoms with Gasteiger partial charge in [-0.2, -0.15) is 0 Å². The molecular formula is C19H27NO3. The van der Waals surface area contributed by atoms with Gasteiger partial charge in [0.15, 0.2) is 0 Å². The van der Waals surface area contributed by atoms with Crippen LogP contribution >= 0.6 is 0 Å². The molecule has 1 aromatic carbocycles. The highest BCUT2D eigenvalue weighted by Gasteiger charge is 2.20. The summed E-state index contributed by atoms with van der Waals surface area (Å²) in [5.74, 6) is -0.662. The second-order valence-corrected chi connectivity index (χ2v) is 6.46. The van der Waals surface area contributed by atoms with Gasteiger partial charge in [-0.15, -0.1) is 0 Å². The highest BCUT2D eigenvalue weighted by atomic mass is 16.4. The largest absolute Gasteiger partial charge is 0.478 e. The zero-order chi connectivity index (χ0) is 17.1. The van der Waals surface area contributed by atoms with E-state index in [1.165, 1.54) is 5.56 Å². The number of aliphatic hydroxyl groups excluding tert-OH is 1. The molecule has 1 heterocycles. The van der Waals surface area contributed by atoms with Gasteiger partial charge in [-0.3, -0.25) is 0 Å². The van der Waals surface area contributed by atoms with Gasteiger partial charge in [-0.25, -0.2) is 4.79 Å². The number of nitrogens with zero attached hydrogens (tertiary/aromatic N) is 1. The molecule has 0 aliphatic carbocycles. The van der Waals surface area contributed by atoms with Gasteiger partial charge in [0.1, 0.15) is 0 Å². The van der Waals surface area contributed by atoms with Crippen molar-refractivity contribution in [3.8, 4) is 0 Å². The second kappa shape index (κ2) is 7.18. The Morgan fingerprint density at radius 2 is 2.00 bits per heavy atom. The molecule has 2 N–H and O–H groups in total. The standard InChI is InChI=1S/C19H27NO3/c1-5-6-7-15-13(4)20(8-9-21)18-16(12(2)3)10-14(19(22)23)11-17(15)18/h10-12,21H,5-9H2,1-4H3,(H,22,23). The average molecular weight is 317 g/mol. The van der Waals surface area contributed by atoms with E-state index in [-0.39, 0.29) is 12.5 Å². The maximum atomic E-state index is 11.5. The smallest absolute Gasteiger partial charge is 0.335 e. The molecule has 4 heteroatoms. The molecule has 4 nitrogen and oxygen atoms in total. The fourth-order valence-corrected chi connectivity index (χ4v) is 3.33. The maximum Gasteiger partial charge on any atom is 0.335 e. The zero-order valence-corrected chi connectivity index (χ0v) is 14.5. The Hall–Kier alpha value is -1.81. The zero-order valence-electron chi connectivity index (χ0n) is 14.5. The van der Waals surface area contributed by atoms with Crippen LogP contribution in [-0.2, 0) is 13.0 Å². The summed E-state index contributed by atoms with van der Waals surface area (Å²) in [6, 6.07) is 3.58. The Balaban J connectivity index is 2.83. The van der Waals surface area contributed by atoms with E-state index in [2.05, 4.69) is 32.3 Å². The highest BCUT2D eigenvalue weighted by Crippen LogP contribution is 2.34. The number of carboxylic acids is 1. The number of aliphatic hydroxyl groups is 1. The van der Waals surface area contributed by atoms with Gasteiger partial charge in [0.25, 0.3) is 0 Å². The van der Waals surface area contributed by atoms with Crippen LogP contribution in [0.25, 0.3) is 10.9 Å². The molecule has 126 valence electrons. The molecule has 0 saturated carbocycles. The number of rotatable bonds is 7. The van der Waals surface area contributed by atoms with Crippen LogP contribution in [0.4, 0.5) is 0 Å². The number of hydrogen-bond acceptors (Lipinski definition) is 2. The van der Waals surface area contributed by atoms with Crippen molar-refractivity contribution in [3.63, 3.8) is 0 Å². The molecule has 0 aliphatic heterocycles. The lowest BCUT2D eigenvalue weighted by atomic mass is 9.95. The molecule has 0 saturated heterocycles. The van der Waals surface area contributed by atoms with E-state index in [0.717, 1.165) is 41.4 Å². The molecule has 0 aliphatic rings. The van der Waals surface area contributed by atoms with E-state index >= 15 is 0 Å². The number of carboxylic acid groups (broad SMARTS) is 1. The third-order valence-electron chi connectivity index (χ3n) is 4.55. The number of aromatic carboxylic acids is 1. The normalized spacial score (nSPS) is 11.6. The highest BCUT2D eigenvalue weighted by molar-refractivity contribution is 5.97. The van der Waals surface area contributed by atoms with Crippen LogP contribution < -0.4 is 0 Å². The van der Waals surface area contributed by atoms with E-state index in [4.69, 9.17) is 0 Å². The van der Waals surface area contributed by atoms with E-state index in [1.54, 1.807) is 12.1 Å². The van der Waals surface area contributed by atoms with Gasteiger partial charge in [0.2, 0.25) is 0 Å². The number of fused-ring (bicyclic) bond motifs is 1. The quantitative estimate of drug-likeness (QED) is 0.808. The molecule has 0 radical (unpaired) electrons. The number of carbonyl (C=O) groups is 1. The number of benzene rings is 1. The number of unbranched alkanes of at least 4 members (excludes halogenated alkanes) is 1. The van der Waals surface area contributed by atoms with Crippen LogP contribution in [0, 0.1) is 6.92 Å². The molecule has 0 bridgehead atoms. The summed E-state index contributed by atoms with van der Waals surface area (Å²) in [6.07, 6.45) is 3.12. The summed E-state index contributed by atoms with van der Waals surface area (Å²) in [5, 5.41) is 19.9. The van der Waals surface area contributed by atoms with Crippen molar-refractivity contribution in [2.75, 3.05) is 6.61 Å². The van der Waals surface area contributed by atoms with E-state index < -0.39 is 5.97 Å². The lowest BCUT2D eigenvalue weighted by Crippen LogP contribution is -2.07. The third kappa shape index (κ3) is 3.27. The predicted molar refractivity (Wildman–Crippen MR) is 93.4 cm³/mol. The van der Waals surface area contributed by atoms with Gasteiger partial charge >= 0.3 is 5.97 Å². The second-order valence-electron chi connectivity index (χ2n) is 6.46. The van der Waals surface area contributed by atoms with Crippen LogP contribution in [0.2, 0.25) is 0 Å². The first-order valence-corrected chi connectivity index (χ1v) is 8.42. The summed E-state index contributed by atoms with van der Waals surface area (Å²) in [5.41, 5.74) is 4.84. The Bertz CT molecular complexity index is 713. The van der Waals surface area contributed by atoms with E-state index in [1.807, 2.05) is 0 Å². The number of aromatic nitrogens is 1. The van der Waals surface area contributed by atoms with E-state index in [9.17, 15) is 15.0 Å². The van der Waals surface area contributed by atoms with Crippen molar-refractivity contribution in [3.05, 3.63) is 34.5 Å². The van der Waals surface area contributed by atoms with Crippen LogP contribution in [0.5, 0.6) is 0 Å². The Labute approximate surface area is 137 Å². The lowest BCUT2D eigenvalue weighted by molar-refractivity contribution is 0.0697. The fraction of sp³-hybridized carbons (Fsp3) is 0.526. The van der Waals surface area contributed by atoms with Crippen LogP contribution in [0.3, 0.4) is 0 Å². The van der Waals surface area contributed by atoms with Crippen molar-refractivity contribution in [2.24, 2.45) is 0 Å². The summed E-state index contributed by atoms with van der Waals surface area (Å²) >= 11 is 0. The first kappa shape index (κ1) is 17.5. The first-order chi connectivity index (χ1) is 10.9. The SMILES string of the molecule is CCCCc1c(C)n(CCO)c2c(C(C)C)cc(C(=O)O)cc12. The maximum absolute atomic E-state index is 11.5. The van der Waals surface area contributed by atoms with Crippen molar-refractivity contribution < 1.29 is 15.0 Å². The van der Waals surface area contributed by atoms with Gasteiger partial charge in [-0.1, -0.05) is 27.2 Å². The lowest BCUT2D eigenvalue weighted by Gasteiger charge is -2.14. The third-order valence-corrected chi connectivity index (χ3v) is 4.55. The van der Waals surface area contributed by atoms with Crippen LogP contribution in [0.15, 0.2) is 12.1 Å². The van der Waals surface area contributed by atoms with Gasteiger partial charge in [0, 0.05) is 17.6 Å². The van der Waals surface area contributed by atoms with Crippen molar-refractivity contribution in [2.45, 2.75) is 59.4 Å². The monoisotopic (exact) mass is 317 g/mol. The molecule has 1 aromatic heterocycles. The van der Waals surface area contributed by atoms with E-state index in [0.29, 0.717) is 12.1 Å². The Kier molecular flexibility index (Phi) is 5.47. The molecule has 2 rings (SSSR count). The van der Waals surface area contributed by atoms with Gasteiger partial charge in [0.05, 0.1) is 17.7 Å². The van der Waals surface area contributed by atoms with Crippen molar-refractivity contribution >= 4 is 16.9 Å². The van der Waals surface area contributed by atoms with Crippen molar-refractivity contribution in [1.29, 1.82) is 0 Å². The minimum Gasteiger partial charge on any atom is -0.478 e. The summed E-state index contributed by atoms with van der Waals surface area (Å²) in [4.78, 5) is 11.5. The molecule has 0 spiro atoms. The topological polar surface area (TPSA) is 62.5 Å².